The molecule has 0 atom stereocenters. The molecule has 0 aliphatic carbocycles. The van der Waals surface area contributed by atoms with Gasteiger partial charge in [0.2, 0.25) is 6.71 Å². The molecule has 4 heteroatoms. The van der Waals surface area contributed by atoms with E-state index in [1.165, 1.54) is 116 Å². The molecule has 3 aliphatic heterocycles. The van der Waals surface area contributed by atoms with Crippen molar-refractivity contribution in [3.05, 3.63) is 256 Å². The second-order valence-corrected chi connectivity index (χ2v) is 32.3. The van der Waals surface area contributed by atoms with Gasteiger partial charge in [0.15, 0.2) is 0 Å². The average Bonchev–Trinajstić information content (AvgIpc) is 1.04. The zero-order chi connectivity index (χ0) is 62.9. The molecule has 0 radical (unpaired) electrons. The molecule has 14 rings (SSSR count). The number of ether oxygens (including phenoxy) is 1. The summed E-state index contributed by atoms with van der Waals surface area (Å²) in [6, 6.07) is 78.4. The van der Waals surface area contributed by atoms with E-state index in [4.69, 9.17) is 4.74 Å². The van der Waals surface area contributed by atoms with E-state index >= 15 is 0 Å². The number of benzene rings is 10. The Kier molecular flexibility index (Phi) is 13.0. The molecular formula is C85H87BN2O. The third-order valence-corrected chi connectivity index (χ3v) is 20.0. The highest BCUT2D eigenvalue weighted by Crippen LogP contribution is 2.59. The molecule has 0 saturated heterocycles. The predicted molar refractivity (Wildman–Crippen MR) is 382 cm³/mol. The van der Waals surface area contributed by atoms with Crippen molar-refractivity contribution in [3.63, 3.8) is 0 Å². The van der Waals surface area contributed by atoms with Crippen LogP contribution < -0.4 is 26.0 Å². The van der Waals surface area contributed by atoms with Crippen LogP contribution in [0.3, 0.4) is 0 Å². The predicted octanol–water partition coefficient (Wildman–Crippen LogP) is 21.0. The lowest BCUT2D eigenvalue weighted by molar-refractivity contribution is 0.435. The summed E-state index contributed by atoms with van der Waals surface area (Å²) in [5, 5.41) is 2.56. The zero-order valence-electron chi connectivity index (χ0n) is 55.9. The van der Waals surface area contributed by atoms with Gasteiger partial charge in [-0.05, 0) is 177 Å². The summed E-state index contributed by atoms with van der Waals surface area (Å²) in [4.78, 5) is 2.69. The first-order chi connectivity index (χ1) is 41.9. The maximum absolute atomic E-state index is 7.17. The number of hydrogen-bond donors (Lipinski definition) is 0. The van der Waals surface area contributed by atoms with Gasteiger partial charge in [0.25, 0.3) is 0 Å². The van der Waals surface area contributed by atoms with Crippen molar-refractivity contribution in [1.29, 1.82) is 0 Å². The van der Waals surface area contributed by atoms with E-state index < -0.39 is 5.41 Å². The van der Waals surface area contributed by atoms with E-state index in [1.807, 2.05) is 0 Å². The SMILES string of the molecule is CC(C)(C)c1cc(-c2ccc3c(c2)N(c2ccc(C(C)(C)C)cc2-c2ccccc2)c2cc(C(C)(C)C)cc4c2B3c2ccc(-n3c5ccc(C(C)(C)C)cc5c5cc(C(C)(C)C)ccc53)cc2C42c3ccccc3Oc3ccccc32)cc(C(C)(C)C)c1. The lowest BCUT2D eigenvalue weighted by atomic mass is 9.29. The Morgan fingerprint density at radius 1 is 0.326 bits per heavy atom. The fraction of sp³-hybridized carbons (Fsp3) is 0.294. The molecule has 0 fully saturated rings. The molecule has 1 aromatic heterocycles. The standard InChI is InChI=1S/C85H87BN2O/c1-79(2,3)55-33-39-71(62(46-55)52-26-20-19-21-27-52)88-74-44-53(54-42-58(82(10,11)12)45-59(43-54)83(13,14)15)32-37-70(74)86-69-38-36-61(87-72-40-34-56(80(4,5)6)47-63(72)64-48-57(81(7,8)9)35-41-73(64)87)51-67(69)85(68-49-60(84(16,17)18)50-75(88)78(68)86)65-28-22-24-30-76(65)89-77-31-25-23-29-66(77)85/h19-51H,1-18H3. The van der Waals surface area contributed by atoms with Gasteiger partial charge in [0.1, 0.15) is 11.5 Å². The van der Waals surface area contributed by atoms with Gasteiger partial charge in [-0.1, -0.05) is 257 Å². The molecule has 0 bridgehead atoms. The molecule has 11 aromatic rings. The normalized spacial score (nSPS) is 14.5. The van der Waals surface area contributed by atoms with Crippen LogP contribution in [0.25, 0.3) is 49.7 Å². The van der Waals surface area contributed by atoms with Crippen LogP contribution in [0.5, 0.6) is 11.5 Å². The Hall–Kier alpha value is -8.34. The van der Waals surface area contributed by atoms with E-state index in [-0.39, 0.29) is 39.2 Å². The van der Waals surface area contributed by atoms with Crippen molar-refractivity contribution in [1.82, 2.24) is 4.57 Å². The number of anilines is 3. The molecule has 0 saturated carbocycles. The maximum atomic E-state index is 7.17. The van der Waals surface area contributed by atoms with Crippen LogP contribution in [0.2, 0.25) is 0 Å². The topological polar surface area (TPSA) is 17.4 Å². The second-order valence-electron chi connectivity index (χ2n) is 32.3. The minimum atomic E-state index is -0.825. The van der Waals surface area contributed by atoms with Gasteiger partial charge >= 0.3 is 0 Å². The Morgan fingerprint density at radius 3 is 1.37 bits per heavy atom. The average molecular weight is 1160 g/mol. The monoisotopic (exact) mass is 1160 g/mol. The highest BCUT2D eigenvalue weighted by molar-refractivity contribution is 6.99. The van der Waals surface area contributed by atoms with E-state index in [0.29, 0.717) is 0 Å². The molecule has 0 amide bonds. The fourth-order valence-corrected chi connectivity index (χ4v) is 14.8. The van der Waals surface area contributed by atoms with Crippen LogP contribution in [0, 0.1) is 0 Å². The number of fused-ring (bicyclic) bond motifs is 13. The van der Waals surface area contributed by atoms with Crippen molar-refractivity contribution < 1.29 is 4.74 Å². The lowest BCUT2D eigenvalue weighted by Gasteiger charge is -2.51. The number of hydrogen-bond acceptors (Lipinski definition) is 2. The summed E-state index contributed by atoms with van der Waals surface area (Å²) in [5.74, 6) is 1.76. The van der Waals surface area contributed by atoms with Crippen LogP contribution in [-0.2, 0) is 37.9 Å². The summed E-state index contributed by atoms with van der Waals surface area (Å²) in [5.41, 5.74) is 27.4. The Morgan fingerprint density at radius 2 is 0.820 bits per heavy atom. The van der Waals surface area contributed by atoms with Crippen molar-refractivity contribution in [2.45, 2.75) is 163 Å². The van der Waals surface area contributed by atoms with Gasteiger partial charge in [0, 0.05) is 44.5 Å². The quantitative estimate of drug-likeness (QED) is 0.163. The molecule has 10 aromatic carbocycles. The van der Waals surface area contributed by atoms with Crippen molar-refractivity contribution in [3.8, 4) is 39.4 Å². The van der Waals surface area contributed by atoms with Crippen molar-refractivity contribution in [2.75, 3.05) is 4.90 Å². The summed E-state index contributed by atoms with van der Waals surface area (Å²) in [6.45, 7) is 42.1. The minimum Gasteiger partial charge on any atom is -0.457 e. The highest BCUT2D eigenvalue weighted by atomic mass is 16.5. The van der Waals surface area contributed by atoms with Crippen LogP contribution in [0.1, 0.15) is 180 Å². The number of aromatic nitrogens is 1. The molecule has 446 valence electrons. The van der Waals surface area contributed by atoms with Crippen LogP contribution in [-0.4, -0.2) is 11.3 Å². The first-order valence-electron chi connectivity index (χ1n) is 32.5. The van der Waals surface area contributed by atoms with Crippen LogP contribution >= 0.6 is 0 Å². The smallest absolute Gasteiger partial charge is 0.247 e. The van der Waals surface area contributed by atoms with Crippen molar-refractivity contribution in [2.24, 2.45) is 0 Å². The lowest BCUT2D eigenvalue weighted by Crippen LogP contribution is -2.65. The third kappa shape index (κ3) is 9.35. The highest BCUT2D eigenvalue weighted by Gasteiger charge is 2.55. The molecule has 3 nitrogen and oxygen atoms in total. The number of nitrogens with zero attached hydrogens (tertiary/aromatic N) is 2. The summed E-state index contributed by atoms with van der Waals surface area (Å²) in [6.07, 6.45) is 0. The van der Waals surface area contributed by atoms with Gasteiger partial charge < -0.3 is 14.2 Å². The molecule has 3 aliphatic rings. The van der Waals surface area contributed by atoms with Gasteiger partial charge in [-0.25, -0.2) is 0 Å². The first kappa shape index (κ1) is 58.4. The van der Waals surface area contributed by atoms with E-state index in [2.05, 4.69) is 334 Å². The zero-order valence-corrected chi connectivity index (χ0v) is 55.9. The van der Waals surface area contributed by atoms with Gasteiger partial charge in [-0.3, -0.25) is 0 Å². The minimum absolute atomic E-state index is 0.0259. The molecular weight excluding hydrogens is 1080 g/mol. The molecule has 0 N–H and O–H groups in total. The molecule has 89 heavy (non-hydrogen) atoms. The fourth-order valence-electron chi connectivity index (χ4n) is 14.8. The number of rotatable bonds is 4. The maximum Gasteiger partial charge on any atom is 0.247 e. The Bertz CT molecular complexity index is 4550. The summed E-state index contributed by atoms with van der Waals surface area (Å²) >= 11 is 0. The van der Waals surface area contributed by atoms with Crippen molar-refractivity contribution >= 4 is 62.0 Å². The first-order valence-corrected chi connectivity index (χ1v) is 32.5. The van der Waals surface area contributed by atoms with E-state index in [1.54, 1.807) is 0 Å². The van der Waals surface area contributed by atoms with E-state index in [0.717, 1.165) is 34.0 Å². The van der Waals surface area contributed by atoms with Gasteiger partial charge in [-0.2, -0.15) is 0 Å². The summed E-state index contributed by atoms with van der Waals surface area (Å²) in [7, 11) is 0. The third-order valence-electron chi connectivity index (χ3n) is 20.0. The van der Waals surface area contributed by atoms with Crippen LogP contribution in [0.4, 0.5) is 17.1 Å². The summed E-state index contributed by atoms with van der Waals surface area (Å²) < 4.78 is 9.74. The number of para-hydroxylation sites is 2. The largest absolute Gasteiger partial charge is 0.457 e. The van der Waals surface area contributed by atoms with Crippen LogP contribution in [0.15, 0.2) is 200 Å². The second kappa shape index (κ2) is 19.8. The molecule has 0 unspecified atom stereocenters. The Labute approximate surface area is 530 Å². The molecule has 1 spiro atoms. The molecule has 4 heterocycles. The van der Waals surface area contributed by atoms with Gasteiger partial charge in [-0.15, -0.1) is 0 Å². The Balaban J connectivity index is 1.15. The van der Waals surface area contributed by atoms with E-state index in [9.17, 15) is 0 Å². The van der Waals surface area contributed by atoms with Gasteiger partial charge in [0.05, 0.1) is 22.1 Å².